The first-order chi connectivity index (χ1) is 11.2. The molecule has 2 atom stereocenters. The van der Waals surface area contributed by atoms with Crippen molar-refractivity contribution in [3.05, 3.63) is 29.7 Å². The summed E-state index contributed by atoms with van der Waals surface area (Å²) in [6, 6.07) is 1.83. The van der Waals surface area contributed by atoms with E-state index in [9.17, 15) is 4.79 Å². The van der Waals surface area contributed by atoms with Gasteiger partial charge in [-0.1, -0.05) is 6.42 Å². The van der Waals surface area contributed by atoms with Crippen LogP contribution in [0.2, 0.25) is 0 Å². The summed E-state index contributed by atoms with van der Waals surface area (Å²) < 4.78 is 16.6. The minimum absolute atomic E-state index is 0.0284. The van der Waals surface area contributed by atoms with Crippen LogP contribution >= 0.6 is 11.3 Å². The molecule has 4 rings (SSSR count). The van der Waals surface area contributed by atoms with Gasteiger partial charge in [-0.15, -0.1) is 11.3 Å². The number of furan rings is 1. The topological polar surface area (TPSA) is 61.6 Å². The van der Waals surface area contributed by atoms with Crippen molar-refractivity contribution < 1.29 is 18.7 Å². The lowest BCUT2D eigenvalue weighted by molar-refractivity contribution is -0.225. The fraction of sp³-hybridized carbons (Fsp3) is 0.529. The van der Waals surface area contributed by atoms with Crippen molar-refractivity contribution in [3.8, 4) is 10.6 Å². The lowest BCUT2D eigenvalue weighted by atomic mass is 9.52. The van der Waals surface area contributed by atoms with Crippen molar-refractivity contribution in [3.63, 3.8) is 0 Å². The van der Waals surface area contributed by atoms with E-state index in [1.165, 1.54) is 17.8 Å². The predicted octanol–water partition coefficient (Wildman–Crippen LogP) is 3.91. The molecular weight excluding hydrogens is 314 g/mol. The minimum Gasteiger partial charge on any atom is -0.472 e. The number of hydrogen-bond acceptors (Lipinski definition) is 6. The van der Waals surface area contributed by atoms with Gasteiger partial charge in [-0.05, 0) is 25.8 Å². The van der Waals surface area contributed by atoms with Crippen LogP contribution < -0.4 is 0 Å². The number of hydrogen-bond donors (Lipinski definition) is 0. The van der Waals surface area contributed by atoms with Gasteiger partial charge in [0, 0.05) is 29.4 Å². The highest BCUT2D eigenvalue weighted by atomic mass is 32.1. The molecule has 6 heteroatoms. The van der Waals surface area contributed by atoms with Crippen molar-refractivity contribution in [1.82, 2.24) is 4.98 Å². The van der Waals surface area contributed by atoms with Gasteiger partial charge in [0.1, 0.15) is 17.4 Å². The van der Waals surface area contributed by atoms with Gasteiger partial charge >= 0.3 is 5.97 Å². The maximum atomic E-state index is 12.4. The molecule has 1 spiro atoms. The molecule has 0 amide bonds. The van der Waals surface area contributed by atoms with Gasteiger partial charge in [-0.2, -0.15) is 0 Å². The van der Waals surface area contributed by atoms with Gasteiger partial charge in [0.2, 0.25) is 0 Å². The molecule has 2 aliphatic rings. The summed E-state index contributed by atoms with van der Waals surface area (Å²) in [5.74, 6) is -0.331. The summed E-state index contributed by atoms with van der Waals surface area (Å²) in [6.07, 6.45) is 7.61. The Bertz CT molecular complexity index is 689. The highest BCUT2D eigenvalue weighted by Crippen LogP contribution is 2.58. The Labute approximate surface area is 138 Å². The average Bonchev–Trinajstić information content (AvgIpc) is 3.14. The predicted molar refractivity (Wildman–Crippen MR) is 85.3 cm³/mol. The van der Waals surface area contributed by atoms with E-state index in [0.29, 0.717) is 12.3 Å². The van der Waals surface area contributed by atoms with Gasteiger partial charge in [0.25, 0.3) is 0 Å². The molecule has 23 heavy (non-hydrogen) atoms. The molecule has 2 aromatic heterocycles. The van der Waals surface area contributed by atoms with Crippen LogP contribution in [0.25, 0.3) is 10.6 Å². The van der Waals surface area contributed by atoms with E-state index in [0.717, 1.165) is 29.8 Å². The Morgan fingerprint density at radius 1 is 1.48 bits per heavy atom. The van der Waals surface area contributed by atoms with Gasteiger partial charge < -0.3 is 13.9 Å². The molecule has 0 aliphatic heterocycles. The summed E-state index contributed by atoms with van der Waals surface area (Å²) >= 11 is 1.42. The zero-order valence-corrected chi connectivity index (χ0v) is 13.8. The Morgan fingerprint density at radius 3 is 3.00 bits per heavy atom. The SMILES string of the molecule is CCO[C@@H]1C[C@H](OC(=O)c2csc(-c3ccoc3)n2)C12CCC2. The molecule has 0 bridgehead atoms. The third-order valence-electron chi connectivity index (χ3n) is 5.09. The van der Waals surface area contributed by atoms with Crippen molar-refractivity contribution >= 4 is 17.3 Å². The lowest BCUT2D eigenvalue weighted by Crippen LogP contribution is -2.63. The first-order valence-corrected chi connectivity index (χ1v) is 8.91. The largest absolute Gasteiger partial charge is 0.472 e. The van der Waals surface area contributed by atoms with Gasteiger partial charge in [0.15, 0.2) is 5.69 Å². The molecule has 2 saturated carbocycles. The molecule has 0 N–H and O–H groups in total. The third kappa shape index (κ3) is 2.40. The van der Waals surface area contributed by atoms with E-state index in [1.54, 1.807) is 17.9 Å². The number of esters is 1. The van der Waals surface area contributed by atoms with Crippen LogP contribution in [-0.2, 0) is 9.47 Å². The highest BCUT2D eigenvalue weighted by molar-refractivity contribution is 7.13. The Kier molecular flexibility index (Phi) is 3.73. The quantitative estimate of drug-likeness (QED) is 0.776. The molecular formula is C17H19NO4S. The van der Waals surface area contributed by atoms with Gasteiger partial charge in [0.05, 0.1) is 12.4 Å². The second-order valence-electron chi connectivity index (χ2n) is 6.21. The first-order valence-electron chi connectivity index (χ1n) is 8.03. The number of carbonyl (C=O) groups excluding carboxylic acids is 1. The van der Waals surface area contributed by atoms with E-state index < -0.39 is 0 Å². The van der Waals surface area contributed by atoms with Crippen molar-refractivity contribution in [2.24, 2.45) is 5.41 Å². The fourth-order valence-electron chi connectivity index (χ4n) is 3.62. The molecule has 122 valence electrons. The second kappa shape index (κ2) is 5.76. The average molecular weight is 333 g/mol. The summed E-state index contributed by atoms with van der Waals surface area (Å²) in [4.78, 5) is 16.7. The molecule has 2 aliphatic carbocycles. The van der Waals surface area contributed by atoms with E-state index in [1.807, 2.05) is 13.0 Å². The second-order valence-corrected chi connectivity index (χ2v) is 7.07. The number of nitrogens with zero attached hydrogens (tertiary/aromatic N) is 1. The maximum Gasteiger partial charge on any atom is 0.358 e. The van der Waals surface area contributed by atoms with E-state index in [2.05, 4.69) is 4.98 Å². The number of carbonyl (C=O) groups is 1. The first kappa shape index (κ1) is 14.9. The fourth-order valence-corrected chi connectivity index (χ4v) is 4.39. The zero-order chi connectivity index (χ0) is 15.9. The van der Waals surface area contributed by atoms with E-state index in [-0.39, 0.29) is 23.6 Å². The van der Waals surface area contributed by atoms with Gasteiger partial charge in [-0.3, -0.25) is 0 Å². The minimum atomic E-state index is -0.331. The number of thiazole rings is 1. The summed E-state index contributed by atoms with van der Waals surface area (Å²) in [7, 11) is 0. The van der Waals surface area contributed by atoms with E-state index >= 15 is 0 Å². The molecule has 0 radical (unpaired) electrons. The molecule has 0 saturated heterocycles. The highest BCUT2D eigenvalue weighted by Gasteiger charge is 2.61. The summed E-state index contributed by atoms with van der Waals surface area (Å²) in [6.45, 7) is 2.73. The van der Waals surface area contributed by atoms with Crippen LogP contribution in [0.15, 0.2) is 28.4 Å². The van der Waals surface area contributed by atoms with Crippen molar-refractivity contribution in [2.75, 3.05) is 6.61 Å². The van der Waals surface area contributed by atoms with Gasteiger partial charge in [-0.25, -0.2) is 9.78 Å². The molecule has 2 fully saturated rings. The lowest BCUT2D eigenvalue weighted by Gasteiger charge is -2.59. The van der Waals surface area contributed by atoms with Crippen LogP contribution in [0.5, 0.6) is 0 Å². The number of ether oxygens (including phenoxy) is 2. The monoisotopic (exact) mass is 333 g/mol. The van der Waals surface area contributed by atoms with Crippen LogP contribution in [0.1, 0.15) is 43.1 Å². The molecule has 2 heterocycles. The molecule has 0 unspecified atom stereocenters. The number of rotatable bonds is 5. The molecule has 5 nitrogen and oxygen atoms in total. The smallest absolute Gasteiger partial charge is 0.358 e. The van der Waals surface area contributed by atoms with Crippen molar-refractivity contribution in [2.45, 2.75) is 44.8 Å². The van der Waals surface area contributed by atoms with Crippen molar-refractivity contribution in [1.29, 1.82) is 0 Å². The van der Waals surface area contributed by atoms with Crippen LogP contribution in [0.4, 0.5) is 0 Å². The molecule has 2 aromatic rings. The Morgan fingerprint density at radius 2 is 2.35 bits per heavy atom. The zero-order valence-electron chi connectivity index (χ0n) is 13.0. The summed E-state index contributed by atoms with van der Waals surface area (Å²) in [5.41, 5.74) is 1.32. The normalized spacial score (nSPS) is 24.9. The Balaban J connectivity index is 1.43. The molecule has 0 aromatic carbocycles. The van der Waals surface area contributed by atoms with Crippen LogP contribution in [-0.4, -0.2) is 29.8 Å². The maximum absolute atomic E-state index is 12.4. The number of aromatic nitrogens is 1. The summed E-state index contributed by atoms with van der Waals surface area (Å²) in [5, 5.41) is 2.52. The Hall–Kier alpha value is -1.66. The van der Waals surface area contributed by atoms with E-state index in [4.69, 9.17) is 13.9 Å². The van der Waals surface area contributed by atoms with Crippen LogP contribution in [0.3, 0.4) is 0 Å². The third-order valence-corrected chi connectivity index (χ3v) is 5.99. The standard InChI is InChI=1S/C17H19NO4S/c1-2-21-13-8-14(17(13)5-3-6-17)22-16(19)12-10-23-15(18-12)11-4-7-20-9-11/h4,7,9-10,13-14H,2-3,5-6,8H2,1H3/t13-,14+/m1/s1. The van der Waals surface area contributed by atoms with Crippen LogP contribution in [0, 0.1) is 5.41 Å².